The lowest BCUT2D eigenvalue weighted by Crippen LogP contribution is -2.43. The largest absolute Gasteiger partial charge is 0.469 e. The lowest BCUT2D eigenvalue weighted by molar-refractivity contribution is -0.152. The molecule has 2 rings (SSSR count). The molecule has 0 amide bonds. The summed E-state index contributed by atoms with van der Waals surface area (Å²) in [5.74, 6) is -0.280. The Morgan fingerprint density at radius 2 is 2.00 bits per heavy atom. The van der Waals surface area contributed by atoms with Gasteiger partial charge in [-0.1, -0.05) is 30.3 Å². The molecule has 0 heterocycles. The quantitative estimate of drug-likeness (QED) is 0.838. The van der Waals surface area contributed by atoms with Crippen LogP contribution in [0.4, 0.5) is 0 Å². The number of methoxy groups -OCH3 is 2. The molecule has 1 saturated carbocycles. The van der Waals surface area contributed by atoms with E-state index in [1.807, 2.05) is 18.2 Å². The van der Waals surface area contributed by atoms with Crippen LogP contribution in [-0.2, 0) is 20.8 Å². The molecule has 0 radical (unpaired) electrons. The molecule has 1 aromatic rings. The number of carbonyl (C=O) groups is 1. The maximum atomic E-state index is 11.7. The van der Waals surface area contributed by atoms with Gasteiger partial charge in [0.15, 0.2) is 0 Å². The summed E-state index contributed by atoms with van der Waals surface area (Å²) < 4.78 is 10.3. The molecule has 0 aromatic heterocycles. The van der Waals surface area contributed by atoms with Crippen molar-refractivity contribution in [3.05, 3.63) is 35.9 Å². The van der Waals surface area contributed by atoms with Crippen LogP contribution in [0.5, 0.6) is 0 Å². The van der Waals surface area contributed by atoms with Gasteiger partial charge in [0.1, 0.15) is 0 Å². The van der Waals surface area contributed by atoms with Gasteiger partial charge in [0.25, 0.3) is 0 Å². The molecule has 20 heavy (non-hydrogen) atoms. The molecule has 1 aliphatic carbocycles. The minimum absolute atomic E-state index is 0.0514. The summed E-state index contributed by atoms with van der Waals surface area (Å²) in [6.07, 6.45) is 2.59. The highest BCUT2D eigenvalue weighted by Gasteiger charge is 2.35. The maximum Gasteiger partial charge on any atom is 0.311 e. The van der Waals surface area contributed by atoms with Crippen molar-refractivity contribution >= 4 is 5.97 Å². The monoisotopic (exact) mass is 277 g/mol. The van der Waals surface area contributed by atoms with Gasteiger partial charge in [-0.25, -0.2) is 0 Å². The van der Waals surface area contributed by atoms with E-state index in [9.17, 15) is 4.79 Å². The highest BCUT2D eigenvalue weighted by atomic mass is 16.5. The zero-order valence-corrected chi connectivity index (χ0v) is 12.2. The Morgan fingerprint density at radius 1 is 1.25 bits per heavy atom. The van der Waals surface area contributed by atoms with E-state index in [0.717, 1.165) is 25.8 Å². The number of hydrogen-bond donors (Lipinski definition) is 1. The average molecular weight is 277 g/mol. The summed E-state index contributed by atoms with van der Waals surface area (Å²) in [5.41, 5.74) is 1.27. The van der Waals surface area contributed by atoms with Gasteiger partial charge in [0.05, 0.1) is 19.1 Å². The molecule has 0 saturated heterocycles. The summed E-state index contributed by atoms with van der Waals surface area (Å²) in [6, 6.07) is 10.7. The lowest BCUT2D eigenvalue weighted by atomic mass is 9.83. The van der Waals surface area contributed by atoms with Gasteiger partial charge in [-0.2, -0.15) is 0 Å². The van der Waals surface area contributed by atoms with E-state index in [2.05, 4.69) is 17.4 Å². The molecule has 0 spiro atoms. The third-order valence-corrected chi connectivity index (χ3v) is 4.04. The summed E-state index contributed by atoms with van der Waals surface area (Å²) in [5, 5.41) is 3.55. The first-order chi connectivity index (χ1) is 9.74. The first kappa shape index (κ1) is 15.0. The van der Waals surface area contributed by atoms with Crippen LogP contribution in [0.1, 0.15) is 24.8 Å². The normalized spacial score (nSPS) is 26.2. The molecule has 0 bridgehead atoms. The maximum absolute atomic E-state index is 11.7. The fourth-order valence-corrected chi connectivity index (χ4v) is 2.85. The summed E-state index contributed by atoms with van der Waals surface area (Å²) in [7, 11) is 3.11. The molecule has 1 aromatic carbocycles. The van der Waals surface area contributed by atoms with Crippen molar-refractivity contribution in [1.29, 1.82) is 0 Å². The molecule has 3 atom stereocenters. The first-order valence-electron chi connectivity index (χ1n) is 7.12. The van der Waals surface area contributed by atoms with E-state index in [-0.39, 0.29) is 18.0 Å². The standard InChI is InChI=1S/C16H23NO3/c1-19-15-10-13(8-9-14(15)16(18)20-2)17-11-12-6-4-3-5-7-12/h3-7,13-15,17H,8-11H2,1-2H3. The lowest BCUT2D eigenvalue weighted by Gasteiger charge is -2.34. The van der Waals surface area contributed by atoms with Gasteiger partial charge in [-0.3, -0.25) is 4.79 Å². The Kier molecular flexibility index (Phi) is 5.56. The van der Waals surface area contributed by atoms with Crippen LogP contribution >= 0.6 is 0 Å². The molecular formula is C16H23NO3. The van der Waals surface area contributed by atoms with Crippen molar-refractivity contribution < 1.29 is 14.3 Å². The molecule has 110 valence electrons. The molecule has 3 unspecified atom stereocenters. The molecular weight excluding hydrogens is 254 g/mol. The number of esters is 1. The zero-order valence-electron chi connectivity index (χ0n) is 12.2. The number of carbonyl (C=O) groups excluding carboxylic acids is 1. The Labute approximate surface area is 120 Å². The van der Waals surface area contributed by atoms with E-state index in [0.29, 0.717) is 6.04 Å². The van der Waals surface area contributed by atoms with E-state index < -0.39 is 0 Å². The van der Waals surface area contributed by atoms with Crippen molar-refractivity contribution in [2.24, 2.45) is 5.92 Å². The van der Waals surface area contributed by atoms with Gasteiger partial charge in [0, 0.05) is 19.7 Å². The predicted octanol–water partition coefficient (Wildman–Crippen LogP) is 2.13. The highest BCUT2D eigenvalue weighted by Crippen LogP contribution is 2.28. The van der Waals surface area contributed by atoms with E-state index in [4.69, 9.17) is 9.47 Å². The summed E-state index contributed by atoms with van der Waals surface area (Å²) >= 11 is 0. The second-order valence-corrected chi connectivity index (χ2v) is 5.28. The Hall–Kier alpha value is -1.39. The predicted molar refractivity (Wildman–Crippen MR) is 77.2 cm³/mol. The van der Waals surface area contributed by atoms with Crippen LogP contribution < -0.4 is 5.32 Å². The number of ether oxygens (including phenoxy) is 2. The van der Waals surface area contributed by atoms with Crippen LogP contribution in [0.2, 0.25) is 0 Å². The van der Waals surface area contributed by atoms with Crippen molar-refractivity contribution in [1.82, 2.24) is 5.32 Å². The second kappa shape index (κ2) is 7.41. The van der Waals surface area contributed by atoms with Crippen molar-refractivity contribution in [2.75, 3.05) is 14.2 Å². The Bertz CT molecular complexity index is 421. The molecule has 1 N–H and O–H groups in total. The van der Waals surface area contributed by atoms with Crippen molar-refractivity contribution in [3.8, 4) is 0 Å². The third kappa shape index (κ3) is 3.81. The van der Waals surface area contributed by atoms with E-state index in [1.54, 1.807) is 7.11 Å². The molecule has 4 nitrogen and oxygen atoms in total. The summed E-state index contributed by atoms with van der Waals surface area (Å²) in [6.45, 7) is 0.852. The van der Waals surface area contributed by atoms with Gasteiger partial charge < -0.3 is 14.8 Å². The van der Waals surface area contributed by atoms with Gasteiger partial charge in [-0.05, 0) is 24.8 Å². The average Bonchev–Trinajstić information content (AvgIpc) is 2.52. The van der Waals surface area contributed by atoms with Crippen molar-refractivity contribution in [2.45, 2.75) is 38.0 Å². The fraction of sp³-hybridized carbons (Fsp3) is 0.562. The van der Waals surface area contributed by atoms with Gasteiger partial charge >= 0.3 is 5.97 Å². The molecule has 4 heteroatoms. The second-order valence-electron chi connectivity index (χ2n) is 5.28. The third-order valence-electron chi connectivity index (χ3n) is 4.04. The number of nitrogens with one attached hydrogen (secondary N) is 1. The van der Waals surface area contributed by atoms with Crippen LogP contribution in [0.15, 0.2) is 30.3 Å². The highest BCUT2D eigenvalue weighted by molar-refractivity contribution is 5.73. The van der Waals surface area contributed by atoms with Crippen LogP contribution in [-0.4, -0.2) is 32.3 Å². The Balaban J connectivity index is 1.85. The smallest absolute Gasteiger partial charge is 0.311 e. The topological polar surface area (TPSA) is 47.6 Å². The van der Waals surface area contributed by atoms with Crippen LogP contribution in [0, 0.1) is 5.92 Å². The number of hydrogen-bond acceptors (Lipinski definition) is 4. The van der Waals surface area contributed by atoms with Gasteiger partial charge in [-0.15, -0.1) is 0 Å². The van der Waals surface area contributed by atoms with Crippen LogP contribution in [0.25, 0.3) is 0 Å². The Morgan fingerprint density at radius 3 is 2.65 bits per heavy atom. The molecule has 1 fully saturated rings. The minimum atomic E-state index is -0.154. The zero-order chi connectivity index (χ0) is 14.4. The van der Waals surface area contributed by atoms with Gasteiger partial charge in [0.2, 0.25) is 0 Å². The van der Waals surface area contributed by atoms with E-state index in [1.165, 1.54) is 12.7 Å². The van der Waals surface area contributed by atoms with Crippen molar-refractivity contribution in [3.63, 3.8) is 0 Å². The fourth-order valence-electron chi connectivity index (χ4n) is 2.85. The number of benzene rings is 1. The summed E-state index contributed by atoms with van der Waals surface area (Å²) in [4.78, 5) is 11.7. The number of rotatable bonds is 5. The molecule has 1 aliphatic rings. The first-order valence-corrected chi connectivity index (χ1v) is 7.12. The van der Waals surface area contributed by atoms with Crippen LogP contribution in [0.3, 0.4) is 0 Å². The SMILES string of the molecule is COC(=O)C1CCC(NCc2ccccc2)CC1OC. The minimum Gasteiger partial charge on any atom is -0.469 e. The van der Waals surface area contributed by atoms with E-state index >= 15 is 0 Å². The molecule has 0 aliphatic heterocycles.